The standard InChI is InChI=1S/C23H22N4/c1-16-10-6-8-14-20(16)25-22-19-13-7-9-15-21(19)26-23(27-22)24-17(2)18-11-4-3-5-12-18/h3-15,17H,1-2H3,(H2,24,25,26,27). The van der Waals surface area contributed by atoms with Gasteiger partial charge in [-0.1, -0.05) is 60.7 Å². The molecule has 4 aromatic rings. The van der Waals surface area contributed by atoms with E-state index in [1.807, 2.05) is 54.6 Å². The molecular weight excluding hydrogens is 332 g/mol. The molecular formula is C23H22N4. The van der Waals surface area contributed by atoms with Crippen LogP contribution >= 0.6 is 0 Å². The third kappa shape index (κ3) is 3.75. The van der Waals surface area contributed by atoms with E-state index in [0.717, 1.165) is 22.4 Å². The Morgan fingerprint density at radius 3 is 2.30 bits per heavy atom. The summed E-state index contributed by atoms with van der Waals surface area (Å²) in [4.78, 5) is 9.47. The van der Waals surface area contributed by atoms with Gasteiger partial charge in [-0.25, -0.2) is 4.98 Å². The predicted molar refractivity (Wildman–Crippen MR) is 112 cm³/mol. The van der Waals surface area contributed by atoms with Crippen molar-refractivity contribution in [3.8, 4) is 0 Å². The zero-order valence-corrected chi connectivity index (χ0v) is 15.5. The van der Waals surface area contributed by atoms with Crippen molar-refractivity contribution in [3.05, 3.63) is 90.0 Å². The molecule has 4 nitrogen and oxygen atoms in total. The number of hydrogen-bond acceptors (Lipinski definition) is 4. The molecule has 2 N–H and O–H groups in total. The van der Waals surface area contributed by atoms with Crippen LogP contribution < -0.4 is 10.6 Å². The highest BCUT2D eigenvalue weighted by Gasteiger charge is 2.11. The zero-order valence-electron chi connectivity index (χ0n) is 15.5. The maximum Gasteiger partial charge on any atom is 0.225 e. The van der Waals surface area contributed by atoms with E-state index in [1.165, 1.54) is 11.1 Å². The van der Waals surface area contributed by atoms with E-state index in [4.69, 9.17) is 9.97 Å². The molecule has 0 saturated carbocycles. The third-order valence-corrected chi connectivity index (χ3v) is 4.65. The van der Waals surface area contributed by atoms with Crippen LogP contribution in [-0.4, -0.2) is 9.97 Å². The van der Waals surface area contributed by atoms with Crippen LogP contribution in [0, 0.1) is 6.92 Å². The summed E-state index contributed by atoms with van der Waals surface area (Å²) in [7, 11) is 0. The smallest absolute Gasteiger partial charge is 0.225 e. The molecule has 4 rings (SSSR count). The molecule has 3 aromatic carbocycles. The lowest BCUT2D eigenvalue weighted by atomic mass is 10.1. The molecule has 27 heavy (non-hydrogen) atoms. The first-order chi connectivity index (χ1) is 13.2. The maximum atomic E-state index is 4.77. The Kier molecular flexibility index (Phi) is 4.71. The average molecular weight is 354 g/mol. The molecule has 0 spiro atoms. The molecule has 1 unspecified atom stereocenters. The number of rotatable bonds is 5. The summed E-state index contributed by atoms with van der Waals surface area (Å²) < 4.78 is 0. The largest absolute Gasteiger partial charge is 0.348 e. The minimum atomic E-state index is 0.110. The number of hydrogen-bond donors (Lipinski definition) is 2. The van der Waals surface area contributed by atoms with Crippen molar-refractivity contribution in [2.45, 2.75) is 19.9 Å². The predicted octanol–water partition coefficient (Wildman–Crippen LogP) is 5.85. The van der Waals surface area contributed by atoms with E-state index in [2.05, 4.69) is 48.7 Å². The molecule has 1 aromatic heterocycles. The Morgan fingerprint density at radius 1 is 0.778 bits per heavy atom. The van der Waals surface area contributed by atoms with Gasteiger partial charge in [0.25, 0.3) is 0 Å². The SMILES string of the molecule is Cc1ccccc1Nc1nc(NC(C)c2ccccc2)nc2ccccc12. The third-order valence-electron chi connectivity index (χ3n) is 4.65. The first-order valence-electron chi connectivity index (χ1n) is 9.11. The highest BCUT2D eigenvalue weighted by molar-refractivity contribution is 5.92. The van der Waals surface area contributed by atoms with Crippen LogP contribution in [0.3, 0.4) is 0 Å². The molecule has 0 aliphatic heterocycles. The second-order valence-corrected chi connectivity index (χ2v) is 6.63. The van der Waals surface area contributed by atoms with E-state index in [1.54, 1.807) is 0 Å². The van der Waals surface area contributed by atoms with E-state index < -0.39 is 0 Å². The van der Waals surface area contributed by atoms with Gasteiger partial charge in [-0.15, -0.1) is 0 Å². The molecule has 0 aliphatic carbocycles. The summed E-state index contributed by atoms with van der Waals surface area (Å²) in [6.07, 6.45) is 0. The van der Waals surface area contributed by atoms with Crippen molar-refractivity contribution in [1.82, 2.24) is 9.97 Å². The normalized spacial score (nSPS) is 11.9. The van der Waals surface area contributed by atoms with Gasteiger partial charge in [0.1, 0.15) is 5.82 Å². The van der Waals surface area contributed by atoms with E-state index in [0.29, 0.717) is 5.95 Å². The Bertz CT molecular complexity index is 1060. The van der Waals surface area contributed by atoms with Crippen LogP contribution in [-0.2, 0) is 0 Å². The first kappa shape index (κ1) is 17.0. The highest BCUT2D eigenvalue weighted by atomic mass is 15.2. The first-order valence-corrected chi connectivity index (χ1v) is 9.11. The summed E-state index contributed by atoms with van der Waals surface area (Å²) in [6.45, 7) is 4.20. The van der Waals surface area contributed by atoms with Crippen LogP contribution in [0.1, 0.15) is 24.1 Å². The molecule has 134 valence electrons. The zero-order chi connectivity index (χ0) is 18.6. The van der Waals surface area contributed by atoms with Crippen molar-refractivity contribution >= 4 is 28.4 Å². The molecule has 0 radical (unpaired) electrons. The summed E-state index contributed by atoms with van der Waals surface area (Å²) in [5, 5.41) is 7.91. The minimum absolute atomic E-state index is 0.110. The monoisotopic (exact) mass is 354 g/mol. The lowest BCUT2D eigenvalue weighted by molar-refractivity contribution is 0.864. The summed E-state index contributed by atoms with van der Waals surface area (Å²) in [5.41, 5.74) is 4.32. The average Bonchev–Trinajstić information content (AvgIpc) is 2.70. The van der Waals surface area contributed by atoms with Crippen molar-refractivity contribution in [2.75, 3.05) is 10.6 Å². The number of aryl methyl sites for hydroxylation is 1. The molecule has 0 fully saturated rings. The van der Waals surface area contributed by atoms with Gasteiger partial charge in [-0.2, -0.15) is 4.98 Å². The number of nitrogens with zero attached hydrogens (tertiary/aromatic N) is 2. The van der Waals surface area contributed by atoms with Gasteiger partial charge in [0.2, 0.25) is 5.95 Å². The molecule has 1 atom stereocenters. The number of nitrogens with one attached hydrogen (secondary N) is 2. The number of para-hydroxylation sites is 2. The summed E-state index contributed by atoms with van der Waals surface area (Å²) in [6, 6.07) is 26.7. The maximum absolute atomic E-state index is 4.77. The van der Waals surface area contributed by atoms with Crippen LogP contribution in [0.4, 0.5) is 17.5 Å². The van der Waals surface area contributed by atoms with Gasteiger partial charge < -0.3 is 10.6 Å². The highest BCUT2D eigenvalue weighted by Crippen LogP contribution is 2.27. The van der Waals surface area contributed by atoms with Gasteiger partial charge >= 0.3 is 0 Å². The molecule has 0 amide bonds. The molecule has 0 bridgehead atoms. The van der Waals surface area contributed by atoms with Crippen LogP contribution in [0.25, 0.3) is 10.9 Å². The van der Waals surface area contributed by atoms with Crippen LogP contribution in [0.2, 0.25) is 0 Å². The molecule has 0 aliphatic rings. The van der Waals surface area contributed by atoms with Crippen molar-refractivity contribution < 1.29 is 0 Å². The van der Waals surface area contributed by atoms with Crippen molar-refractivity contribution in [1.29, 1.82) is 0 Å². The van der Waals surface area contributed by atoms with Gasteiger partial charge in [0.05, 0.1) is 11.6 Å². The molecule has 4 heteroatoms. The molecule has 1 heterocycles. The quantitative estimate of drug-likeness (QED) is 0.472. The van der Waals surface area contributed by atoms with Crippen LogP contribution in [0.5, 0.6) is 0 Å². The van der Waals surface area contributed by atoms with Gasteiger partial charge in [-0.3, -0.25) is 0 Å². The topological polar surface area (TPSA) is 49.8 Å². The number of fused-ring (bicyclic) bond motifs is 1. The summed E-state index contributed by atoms with van der Waals surface area (Å²) >= 11 is 0. The Morgan fingerprint density at radius 2 is 1.48 bits per heavy atom. The van der Waals surface area contributed by atoms with Crippen molar-refractivity contribution in [2.24, 2.45) is 0 Å². The van der Waals surface area contributed by atoms with E-state index in [-0.39, 0.29) is 6.04 Å². The Labute approximate surface area is 159 Å². The molecule has 0 saturated heterocycles. The Balaban J connectivity index is 1.71. The van der Waals surface area contributed by atoms with Crippen LogP contribution in [0.15, 0.2) is 78.9 Å². The second kappa shape index (κ2) is 7.46. The summed E-state index contributed by atoms with van der Waals surface area (Å²) in [5.74, 6) is 1.42. The fraction of sp³-hybridized carbons (Fsp3) is 0.130. The van der Waals surface area contributed by atoms with Gasteiger partial charge in [0.15, 0.2) is 0 Å². The lowest BCUT2D eigenvalue weighted by Crippen LogP contribution is -2.10. The Hall–Kier alpha value is -3.40. The number of benzene rings is 3. The number of anilines is 3. The lowest BCUT2D eigenvalue weighted by Gasteiger charge is -2.17. The fourth-order valence-electron chi connectivity index (χ4n) is 3.10. The number of aromatic nitrogens is 2. The van der Waals surface area contributed by atoms with Crippen molar-refractivity contribution in [3.63, 3.8) is 0 Å². The second-order valence-electron chi connectivity index (χ2n) is 6.63. The fourth-order valence-corrected chi connectivity index (χ4v) is 3.10. The van der Waals surface area contributed by atoms with E-state index in [9.17, 15) is 0 Å². The van der Waals surface area contributed by atoms with Gasteiger partial charge in [0, 0.05) is 11.1 Å². The minimum Gasteiger partial charge on any atom is -0.348 e. The van der Waals surface area contributed by atoms with Gasteiger partial charge in [-0.05, 0) is 43.2 Å². The van der Waals surface area contributed by atoms with E-state index >= 15 is 0 Å².